The van der Waals surface area contributed by atoms with Crippen LogP contribution in [0.2, 0.25) is 0 Å². The molecule has 1 atom stereocenters. The minimum absolute atomic E-state index is 0.123. The van der Waals surface area contributed by atoms with Gasteiger partial charge in [-0.1, -0.05) is 13.0 Å². The summed E-state index contributed by atoms with van der Waals surface area (Å²) in [5.74, 6) is 2.84. The maximum absolute atomic E-state index is 13.2. The second-order valence-electron chi connectivity index (χ2n) is 8.89. The van der Waals surface area contributed by atoms with Gasteiger partial charge in [-0.15, -0.1) is 16.4 Å². The van der Waals surface area contributed by atoms with Crippen molar-refractivity contribution in [3.63, 3.8) is 0 Å². The zero-order chi connectivity index (χ0) is 25.2. The summed E-state index contributed by atoms with van der Waals surface area (Å²) >= 11 is 1.69. The van der Waals surface area contributed by atoms with E-state index in [0.717, 1.165) is 28.9 Å². The number of ether oxygens (including phenoxy) is 2. The zero-order valence-electron chi connectivity index (χ0n) is 20.3. The molecule has 1 aliphatic rings. The maximum atomic E-state index is 13.2. The van der Waals surface area contributed by atoms with E-state index in [1.165, 1.54) is 4.88 Å². The smallest absolute Gasteiger partial charge is 0.252 e. The Kier molecular flexibility index (Phi) is 6.46. The molecule has 0 aliphatic carbocycles. The number of hydrogen-bond donors (Lipinski definition) is 1. The summed E-state index contributed by atoms with van der Waals surface area (Å²) in [6, 6.07) is 13.5. The lowest BCUT2D eigenvalue weighted by molar-refractivity contribution is 0.162. The van der Waals surface area contributed by atoms with Crippen molar-refractivity contribution < 1.29 is 13.9 Å². The highest BCUT2D eigenvalue weighted by Gasteiger charge is 2.27. The summed E-state index contributed by atoms with van der Waals surface area (Å²) < 4.78 is 18.7. The highest BCUT2D eigenvalue weighted by atomic mass is 32.1. The van der Waals surface area contributed by atoms with E-state index in [0.29, 0.717) is 49.9 Å². The molecule has 0 spiro atoms. The van der Waals surface area contributed by atoms with Crippen LogP contribution in [0.5, 0.6) is 11.5 Å². The number of benzene rings is 1. The van der Waals surface area contributed by atoms with Gasteiger partial charge >= 0.3 is 0 Å². The first-order chi connectivity index (χ1) is 18.2. The number of H-pyrrole nitrogens is 1. The fourth-order valence-electron chi connectivity index (χ4n) is 4.72. The van der Waals surface area contributed by atoms with Gasteiger partial charge in [0.25, 0.3) is 5.56 Å². The Balaban J connectivity index is 1.36. The number of aromatic amines is 1. The molecular weight excluding hydrogens is 492 g/mol. The Morgan fingerprint density at radius 3 is 2.76 bits per heavy atom. The lowest BCUT2D eigenvalue weighted by atomic mass is 10.1. The molecule has 37 heavy (non-hydrogen) atoms. The van der Waals surface area contributed by atoms with Gasteiger partial charge in [0.2, 0.25) is 0 Å². The monoisotopic (exact) mass is 518 g/mol. The molecule has 0 fully saturated rings. The SMILES string of the molecule is CC[C@@H](c1nnnn1Cc1ccco1)N(Cc1cccs1)Cc1cc2cc3c(cc2[nH]c1=O)OCCO3. The number of fused-ring (bicyclic) bond motifs is 2. The number of thiophene rings is 1. The Morgan fingerprint density at radius 2 is 2.00 bits per heavy atom. The lowest BCUT2D eigenvalue weighted by Crippen LogP contribution is -2.32. The molecule has 6 rings (SSSR count). The third kappa shape index (κ3) is 4.87. The Labute approximate surface area is 216 Å². The van der Waals surface area contributed by atoms with Gasteiger partial charge in [0.05, 0.1) is 17.8 Å². The van der Waals surface area contributed by atoms with Crippen molar-refractivity contribution in [2.24, 2.45) is 0 Å². The summed E-state index contributed by atoms with van der Waals surface area (Å²) in [4.78, 5) is 19.7. The molecule has 0 bridgehead atoms. The van der Waals surface area contributed by atoms with Crippen molar-refractivity contribution in [1.29, 1.82) is 0 Å². The van der Waals surface area contributed by atoms with Crippen LogP contribution in [0.15, 0.2) is 63.3 Å². The number of nitrogens with zero attached hydrogens (tertiary/aromatic N) is 5. The fraction of sp³-hybridized carbons (Fsp3) is 0.308. The van der Waals surface area contributed by atoms with E-state index in [4.69, 9.17) is 13.9 Å². The molecule has 5 heterocycles. The largest absolute Gasteiger partial charge is 0.486 e. The van der Waals surface area contributed by atoms with Gasteiger partial charge in [0, 0.05) is 35.0 Å². The van der Waals surface area contributed by atoms with Crippen molar-refractivity contribution in [3.05, 3.63) is 86.5 Å². The van der Waals surface area contributed by atoms with E-state index >= 15 is 0 Å². The van der Waals surface area contributed by atoms with Gasteiger partial charge in [-0.25, -0.2) is 4.68 Å². The minimum atomic E-state index is -0.134. The highest BCUT2D eigenvalue weighted by Crippen LogP contribution is 2.34. The van der Waals surface area contributed by atoms with Crippen LogP contribution in [0.25, 0.3) is 10.9 Å². The Bertz CT molecular complexity index is 1540. The van der Waals surface area contributed by atoms with Crippen molar-refractivity contribution in [2.75, 3.05) is 13.2 Å². The number of hydrogen-bond acceptors (Lipinski definition) is 9. The molecule has 5 aromatic rings. The Hall–Kier alpha value is -3.96. The summed E-state index contributed by atoms with van der Waals surface area (Å²) in [6.07, 6.45) is 2.40. The number of furan rings is 1. The average molecular weight is 519 g/mol. The van der Waals surface area contributed by atoms with E-state index in [1.54, 1.807) is 22.3 Å². The summed E-state index contributed by atoms with van der Waals surface area (Å²) in [6.45, 7) is 4.62. The van der Waals surface area contributed by atoms with Crippen LogP contribution < -0.4 is 15.0 Å². The quantitative estimate of drug-likeness (QED) is 0.310. The van der Waals surface area contributed by atoms with Crippen LogP contribution >= 0.6 is 11.3 Å². The van der Waals surface area contributed by atoms with Gasteiger partial charge in [-0.2, -0.15) is 0 Å². The van der Waals surface area contributed by atoms with Gasteiger partial charge in [0.15, 0.2) is 17.3 Å². The van der Waals surface area contributed by atoms with Crippen LogP contribution in [-0.2, 0) is 19.6 Å². The molecule has 1 aromatic carbocycles. The number of tetrazole rings is 1. The first kappa shape index (κ1) is 23.4. The number of aromatic nitrogens is 5. The predicted molar refractivity (Wildman–Crippen MR) is 138 cm³/mol. The highest BCUT2D eigenvalue weighted by molar-refractivity contribution is 7.09. The molecule has 190 valence electrons. The zero-order valence-corrected chi connectivity index (χ0v) is 21.1. The molecule has 4 aromatic heterocycles. The predicted octanol–water partition coefficient (Wildman–Crippen LogP) is 4.14. The average Bonchev–Trinajstić information content (AvgIpc) is 3.69. The van der Waals surface area contributed by atoms with E-state index in [1.807, 2.05) is 36.4 Å². The van der Waals surface area contributed by atoms with E-state index < -0.39 is 0 Å². The molecule has 0 radical (unpaired) electrons. The van der Waals surface area contributed by atoms with Crippen molar-refractivity contribution in [3.8, 4) is 11.5 Å². The van der Waals surface area contributed by atoms with Crippen LogP contribution in [0.4, 0.5) is 0 Å². The molecule has 11 heteroatoms. The molecular formula is C26H26N6O4S. The minimum Gasteiger partial charge on any atom is -0.486 e. The Morgan fingerprint density at radius 1 is 1.14 bits per heavy atom. The molecule has 0 saturated heterocycles. The lowest BCUT2D eigenvalue weighted by Gasteiger charge is -2.29. The van der Waals surface area contributed by atoms with E-state index in [-0.39, 0.29) is 11.6 Å². The third-order valence-electron chi connectivity index (χ3n) is 6.47. The molecule has 0 amide bonds. The van der Waals surface area contributed by atoms with Crippen LogP contribution in [-0.4, -0.2) is 43.3 Å². The summed E-state index contributed by atoms with van der Waals surface area (Å²) in [5, 5.41) is 15.5. The number of nitrogens with one attached hydrogen (secondary N) is 1. The summed E-state index contributed by atoms with van der Waals surface area (Å²) in [5.41, 5.74) is 1.24. The molecule has 0 saturated carbocycles. The van der Waals surface area contributed by atoms with E-state index in [9.17, 15) is 4.79 Å². The van der Waals surface area contributed by atoms with Gasteiger partial charge < -0.3 is 18.9 Å². The second kappa shape index (κ2) is 10.2. The normalized spacial score (nSPS) is 13.9. The third-order valence-corrected chi connectivity index (χ3v) is 7.33. The first-order valence-electron chi connectivity index (χ1n) is 12.2. The topological polar surface area (TPSA) is 111 Å². The first-order valence-corrected chi connectivity index (χ1v) is 13.1. The molecule has 0 unspecified atom stereocenters. The fourth-order valence-corrected chi connectivity index (χ4v) is 5.45. The number of rotatable bonds is 9. The molecule has 1 N–H and O–H groups in total. The van der Waals surface area contributed by atoms with Crippen LogP contribution in [0.1, 0.15) is 41.4 Å². The van der Waals surface area contributed by atoms with Crippen molar-refractivity contribution in [1.82, 2.24) is 30.1 Å². The van der Waals surface area contributed by atoms with Gasteiger partial charge in [-0.05, 0) is 52.6 Å². The van der Waals surface area contributed by atoms with Gasteiger partial charge in [-0.3, -0.25) is 9.69 Å². The van der Waals surface area contributed by atoms with Crippen LogP contribution in [0, 0.1) is 0 Å². The van der Waals surface area contributed by atoms with Crippen molar-refractivity contribution in [2.45, 2.75) is 39.0 Å². The van der Waals surface area contributed by atoms with Crippen LogP contribution in [0.3, 0.4) is 0 Å². The van der Waals surface area contributed by atoms with E-state index in [2.05, 4.69) is 43.8 Å². The van der Waals surface area contributed by atoms with Gasteiger partial charge in [0.1, 0.15) is 25.5 Å². The second-order valence-corrected chi connectivity index (χ2v) is 9.92. The molecule has 10 nitrogen and oxygen atoms in total. The van der Waals surface area contributed by atoms with Crippen molar-refractivity contribution >= 4 is 22.2 Å². The maximum Gasteiger partial charge on any atom is 0.252 e. The number of pyridine rings is 1. The summed E-state index contributed by atoms with van der Waals surface area (Å²) in [7, 11) is 0. The molecule has 1 aliphatic heterocycles. The standard InChI is InChI=1S/C26H26N6O4S/c1-2-22(25-28-29-30-32(25)15-19-5-3-7-34-19)31(16-20-6-4-10-37-20)14-18-11-17-12-23-24(36-9-8-35-23)13-21(17)27-26(18)33/h3-7,10-13,22H,2,8-9,14-16H2,1H3,(H,27,33)/t22-/m0/s1.